The van der Waals surface area contributed by atoms with Crippen LogP contribution in [0.2, 0.25) is 0 Å². The Labute approximate surface area is 151 Å². The maximum absolute atomic E-state index is 5.26. The van der Waals surface area contributed by atoms with Gasteiger partial charge in [0.05, 0.1) is 31.0 Å². The molecule has 3 heterocycles. The van der Waals surface area contributed by atoms with Crippen molar-refractivity contribution < 1.29 is 4.74 Å². The molecule has 0 aliphatic carbocycles. The molecule has 0 saturated heterocycles. The summed E-state index contributed by atoms with van der Waals surface area (Å²) in [5.74, 6) is 0.827. The fraction of sp³-hybridized carbons (Fsp3) is 0.150. The number of hydrogen-bond acceptors (Lipinski definition) is 4. The molecular formula is C20H19N5O. The molecule has 3 aromatic heterocycles. The number of methoxy groups -OCH3 is 1. The zero-order valence-corrected chi connectivity index (χ0v) is 14.7. The summed E-state index contributed by atoms with van der Waals surface area (Å²) in [4.78, 5) is 8.78. The van der Waals surface area contributed by atoms with E-state index in [0.29, 0.717) is 0 Å². The first kappa shape index (κ1) is 16.1. The Bertz CT molecular complexity index is 1000. The molecule has 4 aromatic rings. The SMILES string of the molecule is COc1ccc(-c2ncn(Cc3ccncc3)c2-c2cnn(C)c2)cc1. The van der Waals surface area contributed by atoms with Gasteiger partial charge in [-0.05, 0) is 42.0 Å². The topological polar surface area (TPSA) is 57.8 Å². The average Bonchev–Trinajstić information content (AvgIpc) is 3.28. The van der Waals surface area contributed by atoms with E-state index >= 15 is 0 Å². The molecule has 6 heteroatoms. The van der Waals surface area contributed by atoms with Gasteiger partial charge in [0.2, 0.25) is 0 Å². The van der Waals surface area contributed by atoms with Gasteiger partial charge in [-0.25, -0.2) is 4.98 Å². The third-order valence-corrected chi connectivity index (χ3v) is 4.28. The molecule has 130 valence electrons. The fourth-order valence-electron chi connectivity index (χ4n) is 2.99. The summed E-state index contributed by atoms with van der Waals surface area (Å²) in [7, 11) is 3.58. The van der Waals surface area contributed by atoms with Crippen molar-refractivity contribution in [1.82, 2.24) is 24.3 Å². The molecule has 26 heavy (non-hydrogen) atoms. The lowest BCUT2D eigenvalue weighted by molar-refractivity contribution is 0.415. The number of rotatable bonds is 5. The highest BCUT2D eigenvalue weighted by molar-refractivity contribution is 5.78. The van der Waals surface area contributed by atoms with Gasteiger partial charge in [-0.1, -0.05) is 0 Å². The first-order valence-electron chi connectivity index (χ1n) is 8.32. The molecule has 6 nitrogen and oxygen atoms in total. The zero-order valence-electron chi connectivity index (χ0n) is 14.7. The van der Waals surface area contributed by atoms with Gasteiger partial charge in [0.15, 0.2) is 0 Å². The normalized spacial score (nSPS) is 10.8. The summed E-state index contributed by atoms with van der Waals surface area (Å²) < 4.78 is 9.21. The molecule has 0 radical (unpaired) electrons. The molecule has 0 bridgehead atoms. The van der Waals surface area contributed by atoms with Gasteiger partial charge in [0.1, 0.15) is 5.75 Å². The van der Waals surface area contributed by atoms with Crippen LogP contribution in [0.4, 0.5) is 0 Å². The lowest BCUT2D eigenvalue weighted by Gasteiger charge is -2.09. The number of hydrogen-bond donors (Lipinski definition) is 0. The van der Waals surface area contributed by atoms with Crippen LogP contribution >= 0.6 is 0 Å². The minimum absolute atomic E-state index is 0.718. The van der Waals surface area contributed by atoms with Crippen molar-refractivity contribution in [2.45, 2.75) is 6.54 Å². The standard InChI is InChI=1S/C20H19N5O/c1-24-13-17(11-23-24)20-19(16-3-5-18(26-2)6-4-16)22-14-25(20)12-15-7-9-21-10-8-15/h3-11,13-14H,12H2,1-2H3. The molecule has 0 fully saturated rings. The molecule has 0 aliphatic heterocycles. The van der Waals surface area contributed by atoms with Crippen molar-refractivity contribution >= 4 is 0 Å². The predicted octanol–water partition coefficient (Wildman–Crippen LogP) is 3.40. The second-order valence-corrected chi connectivity index (χ2v) is 6.06. The summed E-state index contributed by atoms with van der Waals surface area (Å²) in [5.41, 5.74) is 5.21. The number of imidazole rings is 1. The third kappa shape index (κ3) is 3.09. The van der Waals surface area contributed by atoms with Crippen molar-refractivity contribution in [2.24, 2.45) is 7.05 Å². The second-order valence-electron chi connectivity index (χ2n) is 6.06. The van der Waals surface area contributed by atoms with E-state index in [1.165, 1.54) is 5.56 Å². The van der Waals surface area contributed by atoms with Crippen molar-refractivity contribution in [1.29, 1.82) is 0 Å². The minimum Gasteiger partial charge on any atom is -0.497 e. The van der Waals surface area contributed by atoms with E-state index in [9.17, 15) is 0 Å². The molecule has 0 spiro atoms. The highest BCUT2D eigenvalue weighted by Crippen LogP contribution is 2.32. The number of nitrogens with zero attached hydrogens (tertiary/aromatic N) is 5. The first-order chi connectivity index (χ1) is 12.7. The van der Waals surface area contributed by atoms with Crippen LogP contribution in [0.1, 0.15) is 5.56 Å². The molecule has 0 saturated carbocycles. The van der Waals surface area contributed by atoms with Gasteiger partial charge in [0.25, 0.3) is 0 Å². The maximum atomic E-state index is 5.26. The zero-order chi connectivity index (χ0) is 17.9. The van der Waals surface area contributed by atoms with Crippen LogP contribution < -0.4 is 4.74 Å². The molecular weight excluding hydrogens is 326 g/mol. The Morgan fingerprint density at radius 2 is 1.77 bits per heavy atom. The van der Waals surface area contributed by atoms with Crippen LogP contribution in [0.25, 0.3) is 22.5 Å². The molecule has 1 aromatic carbocycles. The van der Waals surface area contributed by atoms with Crippen LogP contribution in [0.15, 0.2) is 67.5 Å². The van der Waals surface area contributed by atoms with Crippen molar-refractivity contribution in [2.75, 3.05) is 7.11 Å². The Morgan fingerprint density at radius 3 is 2.42 bits per heavy atom. The van der Waals surface area contributed by atoms with Crippen molar-refractivity contribution in [3.8, 4) is 28.3 Å². The van der Waals surface area contributed by atoms with Crippen LogP contribution in [0.3, 0.4) is 0 Å². The van der Waals surface area contributed by atoms with Crippen LogP contribution in [-0.2, 0) is 13.6 Å². The van der Waals surface area contributed by atoms with E-state index < -0.39 is 0 Å². The largest absolute Gasteiger partial charge is 0.497 e. The van der Waals surface area contributed by atoms with Gasteiger partial charge in [-0.15, -0.1) is 0 Å². The minimum atomic E-state index is 0.718. The number of ether oxygens (including phenoxy) is 1. The van der Waals surface area contributed by atoms with Crippen LogP contribution in [0, 0.1) is 0 Å². The van der Waals surface area contributed by atoms with Gasteiger partial charge in [-0.2, -0.15) is 5.10 Å². The summed E-state index contributed by atoms with van der Waals surface area (Å²) in [5, 5.41) is 4.33. The smallest absolute Gasteiger partial charge is 0.118 e. The third-order valence-electron chi connectivity index (χ3n) is 4.28. The molecule has 0 unspecified atom stereocenters. The molecule has 4 rings (SSSR count). The number of benzene rings is 1. The monoisotopic (exact) mass is 345 g/mol. The van der Waals surface area contributed by atoms with Gasteiger partial charge < -0.3 is 9.30 Å². The summed E-state index contributed by atoms with van der Waals surface area (Å²) >= 11 is 0. The number of aromatic nitrogens is 5. The Balaban J connectivity index is 1.81. The Morgan fingerprint density at radius 1 is 1.00 bits per heavy atom. The van der Waals surface area contributed by atoms with E-state index in [1.54, 1.807) is 24.2 Å². The van der Waals surface area contributed by atoms with E-state index in [-0.39, 0.29) is 0 Å². The van der Waals surface area contributed by atoms with Gasteiger partial charge >= 0.3 is 0 Å². The molecule has 0 atom stereocenters. The molecule has 0 N–H and O–H groups in total. The summed E-state index contributed by atoms with van der Waals surface area (Å²) in [6.07, 6.45) is 9.36. The van der Waals surface area contributed by atoms with E-state index in [2.05, 4.69) is 14.6 Å². The van der Waals surface area contributed by atoms with Crippen molar-refractivity contribution in [3.63, 3.8) is 0 Å². The Kier molecular flexibility index (Phi) is 4.23. The number of pyridine rings is 1. The Hall–Kier alpha value is -3.41. The van der Waals surface area contributed by atoms with Gasteiger partial charge in [0, 0.05) is 43.3 Å². The van der Waals surface area contributed by atoms with E-state index in [4.69, 9.17) is 9.72 Å². The molecule has 0 aliphatic rings. The van der Waals surface area contributed by atoms with Crippen LogP contribution in [-0.4, -0.2) is 31.4 Å². The van der Waals surface area contributed by atoms with Crippen molar-refractivity contribution in [3.05, 3.63) is 73.1 Å². The quantitative estimate of drug-likeness (QED) is 0.556. The highest BCUT2D eigenvalue weighted by atomic mass is 16.5. The highest BCUT2D eigenvalue weighted by Gasteiger charge is 2.16. The fourth-order valence-corrected chi connectivity index (χ4v) is 2.99. The van der Waals surface area contributed by atoms with E-state index in [1.807, 2.05) is 62.2 Å². The lowest BCUT2D eigenvalue weighted by Crippen LogP contribution is -2.01. The van der Waals surface area contributed by atoms with Gasteiger partial charge in [-0.3, -0.25) is 9.67 Å². The summed E-state index contributed by atoms with van der Waals surface area (Å²) in [6.45, 7) is 0.718. The van der Waals surface area contributed by atoms with E-state index in [0.717, 1.165) is 34.8 Å². The lowest BCUT2D eigenvalue weighted by atomic mass is 10.1. The molecule has 0 amide bonds. The number of aryl methyl sites for hydroxylation is 1. The second kappa shape index (κ2) is 6.84. The predicted molar refractivity (Wildman–Crippen MR) is 99.8 cm³/mol. The average molecular weight is 345 g/mol. The summed E-state index contributed by atoms with van der Waals surface area (Å²) in [6, 6.07) is 12.0. The maximum Gasteiger partial charge on any atom is 0.118 e. The first-order valence-corrected chi connectivity index (χ1v) is 8.32. The van der Waals surface area contributed by atoms with Crippen LogP contribution in [0.5, 0.6) is 5.75 Å².